The van der Waals surface area contributed by atoms with Gasteiger partial charge in [0.1, 0.15) is 0 Å². The van der Waals surface area contributed by atoms with Crippen molar-refractivity contribution in [1.29, 1.82) is 0 Å². The molecular formula is C32H56O2. The molecule has 0 amide bonds. The van der Waals surface area contributed by atoms with Crippen LogP contribution in [-0.4, -0.2) is 22.4 Å². The number of rotatable bonds is 4. The van der Waals surface area contributed by atoms with Crippen LogP contribution in [0.1, 0.15) is 121 Å². The molecule has 10 atom stereocenters. The van der Waals surface area contributed by atoms with Crippen LogP contribution in [0, 0.1) is 56.7 Å². The second-order valence-corrected chi connectivity index (χ2v) is 15.6. The van der Waals surface area contributed by atoms with E-state index in [1.807, 2.05) is 0 Å². The van der Waals surface area contributed by atoms with Crippen LogP contribution in [0.3, 0.4) is 0 Å². The quantitative estimate of drug-likeness (QED) is 0.407. The average molecular weight is 473 g/mol. The summed E-state index contributed by atoms with van der Waals surface area (Å²) in [5, 5.41) is 23.1. The van der Waals surface area contributed by atoms with Crippen molar-refractivity contribution in [2.75, 3.05) is 0 Å². The molecule has 0 aromatic heterocycles. The molecule has 0 aliphatic heterocycles. The van der Waals surface area contributed by atoms with Crippen molar-refractivity contribution in [3.05, 3.63) is 11.6 Å². The molecule has 0 aromatic rings. The molecule has 196 valence electrons. The summed E-state index contributed by atoms with van der Waals surface area (Å²) in [6.07, 6.45) is 11.2. The van der Waals surface area contributed by atoms with Crippen LogP contribution in [0.5, 0.6) is 0 Å². The van der Waals surface area contributed by atoms with Crippen LogP contribution in [0.15, 0.2) is 11.6 Å². The van der Waals surface area contributed by atoms with Crippen molar-refractivity contribution in [2.45, 2.75) is 133 Å². The lowest BCUT2D eigenvalue weighted by Gasteiger charge is -2.71. The summed E-state index contributed by atoms with van der Waals surface area (Å²) in [4.78, 5) is 0. The fourth-order valence-corrected chi connectivity index (χ4v) is 10.9. The maximum Gasteiger partial charge on any atom is 0.0579 e. The molecule has 4 rings (SSSR count). The number of fused-ring (bicyclic) bond motifs is 5. The van der Waals surface area contributed by atoms with Gasteiger partial charge in [-0.15, -0.1) is 0 Å². The molecule has 0 saturated heterocycles. The minimum absolute atomic E-state index is 0.106. The highest BCUT2D eigenvalue weighted by Crippen LogP contribution is 2.76. The summed E-state index contributed by atoms with van der Waals surface area (Å²) in [6.45, 7) is 24.1. The van der Waals surface area contributed by atoms with Crippen LogP contribution >= 0.6 is 0 Å². The SMILES string of the molecule is CC(C)=CCCC(C)(C)C1CC[C@]2(C)C1[C@H](O)CC1[C@@]3(C)C[C@@H](O)[C@H](C)C(C)(C)C3CC[C@]12C. The van der Waals surface area contributed by atoms with E-state index >= 15 is 0 Å². The zero-order valence-electron chi connectivity index (χ0n) is 24.2. The van der Waals surface area contributed by atoms with Crippen molar-refractivity contribution in [2.24, 2.45) is 56.7 Å². The first kappa shape index (κ1) is 26.7. The fourth-order valence-electron chi connectivity index (χ4n) is 10.9. The summed E-state index contributed by atoms with van der Waals surface area (Å²) >= 11 is 0. The van der Waals surface area contributed by atoms with Crippen LogP contribution in [-0.2, 0) is 0 Å². The maximum atomic E-state index is 11.9. The van der Waals surface area contributed by atoms with Gasteiger partial charge >= 0.3 is 0 Å². The van der Waals surface area contributed by atoms with E-state index in [2.05, 4.69) is 75.3 Å². The molecule has 34 heavy (non-hydrogen) atoms. The van der Waals surface area contributed by atoms with E-state index in [1.165, 1.54) is 37.7 Å². The Bertz CT molecular complexity index is 806. The number of hydrogen-bond acceptors (Lipinski definition) is 2. The predicted octanol–water partition coefficient (Wildman–Crippen LogP) is 8.02. The Balaban J connectivity index is 1.68. The van der Waals surface area contributed by atoms with Gasteiger partial charge < -0.3 is 10.2 Å². The van der Waals surface area contributed by atoms with Gasteiger partial charge in [-0.1, -0.05) is 67.0 Å². The number of aliphatic hydroxyl groups excluding tert-OH is 2. The van der Waals surface area contributed by atoms with E-state index in [4.69, 9.17) is 0 Å². The number of allylic oxidation sites excluding steroid dienone is 2. The minimum Gasteiger partial charge on any atom is -0.393 e. The van der Waals surface area contributed by atoms with Crippen molar-refractivity contribution in [3.8, 4) is 0 Å². The molecule has 0 heterocycles. The average Bonchev–Trinajstić information content (AvgIpc) is 3.09. The molecule has 2 nitrogen and oxygen atoms in total. The third kappa shape index (κ3) is 3.62. The highest BCUT2D eigenvalue weighted by molar-refractivity contribution is 5.20. The molecule has 4 fully saturated rings. The van der Waals surface area contributed by atoms with Crippen LogP contribution < -0.4 is 0 Å². The number of hydrogen-bond donors (Lipinski definition) is 2. The van der Waals surface area contributed by atoms with Crippen LogP contribution in [0.25, 0.3) is 0 Å². The Morgan fingerprint density at radius 3 is 2.15 bits per heavy atom. The van der Waals surface area contributed by atoms with Gasteiger partial charge in [0, 0.05) is 0 Å². The van der Waals surface area contributed by atoms with E-state index in [0.717, 1.165) is 19.3 Å². The van der Waals surface area contributed by atoms with Crippen molar-refractivity contribution < 1.29 is 10.2 Å². The standard InChI is InChI=1S/C32H56O2/c1-20(2)12-11-15-28(4,5)22-13-16-32(10)27(22)23(33)18-26-30(8)19-24(34)21(3)29(6,7)25(30)14-17-31(26,32)9/h12,21-27,33-34H,11,13-19H2,1-10H3/t21-,22?,23+,24+,25?,26?,27?,30-,31+,32+/m0/s1. The van der Waals surface area contributed by atoms with Crippen molar-refractivity contribution in [3.63, 3.8) is 0 Å². The molecule has 4 saturated carbocycles. The molecule has 4 aliphatic carbocycles. The minimum atomic E-state index is -0.230. The Kier molecular flexibility index (Phi) is 6.55. The highest BCUT2D eigenvalue weighted by Gasteiger charge is 2.71. The lowest BCUT2D eigenvalue weighted by Crippen LogP contribution is -2.67. The van der Waals surface area contributed by atoms with Gasteiger partial charge in [-0.3, -0.25) is 0 Å². The lowest BCUT2D eigenvalue weighted by atomic mass is 9.34. The smallest absolute Gasteiger partial charge is 0.0579 e. The first-order valence-electron chi connectivity index (χ1n) is 14.5. The van der Waals surface area contributed by atoms with E-state index in [0.29, 0.717) is 29.6 Å². The first-order valence-corrected chi connectivity index (χ1v) is 14.5. The second kappa shape index (κ2) is 8.34. The molecule has 4 aliphatic rings. The predicted molar refractivity (Wildman–Crippen MR) is 143 cm³/mol. The summed E-state index contributed by atoms with van der Waals surface area (Å²) in [5.74, 6) is 2.44. The summed E-state index contributed by atoms with van der Waals surface area (Å²) in [5.41, 5.74) is 2.33. The summed E-state index contributed by atoms with van der Waals surface area (Å²) in [6, 6.07) is 0. The third-order valence-corrected chi connectivity index (χ3v) is 13.3. The van der Waals surface area contributed by atoms with E-state index < -0.39 is 0 Å². The lowest BCUT2D eigenvalue weighted by molar-refractivity contribution is -0.251. The van der Waals surface area contributed by atoms with Gasteiger partial charge in [0.05, 0.1) is 12.2 Å². The van der Waals surface area contributed by atoms with E-state index in [-0.39, 0.29) is 39.3 Å². The van der Waals surface area contributed by atoms with E-state index in [1.54, 1.807) is 0 Å². The van der Waals surface area contributed by atoms with Gasteiger partial charge in [-0.2, -0.15) is 0 Å². The highest BCUT2D eigenvalue weighted by atomic mass is 16.3. The van der Waals surface area contributed by atoms with Gasteiger partial charge in [0.2, 0.25) is 0 Å². The maximum absolute atomic E-state index is 11.9. The topological polar surface area (TPSA) is 40.5 Å². The third-order valence-electron chi connectivity index (χ3n) is 13.3. The Morgan fingerprint density at radius 1 is 0.912 bits per heavy atom. The van der Waals surface area contributed by atoms with Crippen LogP contribution in [0.4, 0.5) is 0 Å². The Labute approximate surface area is 211 Å². The fraction of sp³-hybridized carbons (Fsp3) is 0.938. The summed E-state index contributed by atoms with van der Waals surface area (Å²) < 4.78 is 0. The van der Waals surface area contributed by atoms with Gasteiger partial charge in [0.15, 0.2) is 0 Å². The monoisotopic (exact) mass is 472 g/mol. The molecule has 0 spiro atoms. The Hall–Kier alpha value is -0.340. The van der Waals surface area contributed by atoms with E-state index in [9.17, 15) is 10.2 Å². The molecule has 2 heteroatoms. The van der Waals surface area contributed by atoms with Gasteiger partial charge in [-0.25, -0.2) is 0 Å². The van der Waals surface area contributed by atoms with Crippen molar-refractivity contribution >= 4 is 0 Å². The van der Waals surface area contributed by atoms with Crippen LogP contribution in [0.2, 0.25) is 0 Å². The normalized spacial score (nSPS) is 50.2. The van der Waals surface area contributed by atoms with Gasteiger partial charge in [-0.05, 0) is 122 Å². The molecule has 0 bridgehead atoms. The Morgan fingerprint density at radius 2 is 1.53 bits per heavy atom. The zero-order chi connectivity index (χ0) is 25.5. The molecular weight excluding hydrogens is 416 g/mol. The first-order chi connectivity index (χ1) is 15.5. The van der Waals surface area contributed by atoms with Crippen molar-refractivity contribution in [1.82, 2.24) is 0 Å². The molecule has 4 unspecified atom stereocenters. The summed E-state index contributed by atoms with van der Waals surface area (Å²) in [7, 11) is 0. The molecule has 0 aromatic carbocycles. The zero-order valence-corrected chi connectivity index (χ0v) is 24.2. The molecule has 0 radical (unpaired) electrons. The van der Waals surface area contributed by atoms with Gasteiger partial charge in [0.25, 0.3) is 0 Å². The second-order valence-electron chi connectivity index (χ2n) is 15.6. The largest absolute Gasteiger partial charge is 0.393 e. The molecule has 2 N–H and O–H groups in total. The number of aliphatic hydroxyl groups is 2.